The summed E-state index contributed by atoms with van der Waals surface area (Å²) < 4.78 is 13.6. The molecule has 1 saturated carbocycles. The van der Waals surface area contributed by atoms with Gasteiger partial charge in [0.15, 0.2) is 6.10 Å². The number of fused-ring (bicyclic) bond motifs is 1. The first kappa shape index (κ1) is 13.1. The predicted molar refractivity (Wildman–Crippen MR) is 66.1 cm³/mol. The molecule has 0 radical (unpaired) electrons. The molecule has 0 aromatic heterocycles. The van der Waals surface area contributed by atoms with E-state index in [-0.39, 0.29) is 17.5 Å². The standard InChI is InChI=1S/C14H14FNO4/c15-9-4-2-1-3-8(9)12(17)13(18)16-10-5-7(10)6-11(16)14(19)20/h1-4,7,10-12,17H,5-6H2,(H,19,20)/t7-,10-,11+,12?/m1/s1. The van der Waals surface area contributed by atoms with Crippen LogP contribution >= 0.6 is 0 Å². The van der Waals surface area contributed by atoms with Crippen molar-refractivity contribution in [3.63, 3.8) is 0 Å². The van der Waals surface area contributed by atoms with Crippen LogP contribution in [0.15, 0.2) is 24.3 Å². The lowest BCUT2D eigenvalue weighted by Crippen LogP contribution is -2.45. The lowest BCUT2D eigenvalue weighted by Gasteiger charge is -2.27. The largest absolute Gasteiger partial charge is 0.480 e. The average Bonchev–Trinajstić information content (AvgIpc) is 3.08. The number of likely N-dealkylation sites (tertiary alicyclic amines) is 1. The molecule has 1 aliphatic carbocycles. The van der Waals surface area contributed by atoms with E-state index in [0.717, 1.165) is 12.5 Å². The number of aliphatic carboxylic acids is 1. The smallest absolute Gasteiger partial charge is 0.326 e. The molecule has 0 bridgehead atoms. The molecule has 3 rings (SSSR count). The number of aliphatic hydroxyl groups is 1. The Balaban J connectivity index is 1.85. The number of piperidine rings is 1. The number of hydrogen-bond acceptors (Lipinski definition) is 3. The van der Waals surface area contributed by atoms with Crippen molar-refractivity contribution in [2.24, 2.45) is 5.92 Å². The molecule has 1 unspecified atom stereocenters. The van der Waals surface area contributed by atoms with Crippen LogP contribution in [0.25, 0.3) is 0 Å². The minimum atomic E-state index is -1.66. The van der Waals surface area contributed by atoms with Crippen LogP contribution in [0, 0.1) is 11.7 Å². The summed E-state index contributed by atoms with van der Waals surface area (Å²) in [5.41, 5.74) is -0.120. The van der Waals surface area contributed by atoms with E-state index < -0.39 is 29.8 Å². The van der Waals surface area contributed by atoms with Crippen LogP contribution in [0.3, 0.4) is 0 Å². The second-order valence-corrected chi connectivity index (χ2v) is 5.32. The summed E-state index contributed by atoms with van der Waals surface area (Å²) in [4.78, 5) is 24.7. The van der Waals surface area contributed by atoms with Gasteiger partial charge in [-0.2, -0.15) is 0 Å². The summed E-state index contributed by atoms with van der Waals surface area (Å²) in [5.74, 6) is -2.28. The Morgan fingerprint density at radius 3 is 2.65 bits per heavy atom. The zero-order chi connectivity index (χ0) is 14.4. The molecule has 0 spiro atoms. The van der Waals surface area contributed by atoms with E-state index in [1.54, 1.807) is 0 Å². The summed E-state index contributed by atoms with van der Waals surface area (Å²) in [6, 6.07) is 4.44. The van der Waals surface area contributed by atoms with E-state index >= 15 is 0 Å². The van der Waals surface area contributed by atoms with Crippen molar-refractivity contribution in [1.82, 2.24) is 4.90 Å². The first-order valence-electron chi connectivity index (χ1n) is 6.48. The van der Waals surface area contributed by atoms with E-state index in [9.17, 15) is 19.1 Å². The number of carboxylic acid groups (broad SMARTS) is 1. The molecule has 2 N–H and O–H groups in total. The van der Waals surface area contributed by atoms with Crippen molar-refractivity contribution in [3.05, 3.63) is 35.6 Å². The maximum atomic E-state index is 13.6. The van der Waals surface area contributed by atoms with Gasteiger partial charge in [-0.05, 0) is 24.8 Å². The maximum Gasteiger partial charge on any atom is 0.326 e. The number of hydrogen-bond donors (Lipinski definition) is 2. The molecule has 1 aromatic carbocycles. The number of benzene rings is 1. The van der Waals surface area contributed by atoms with Gasteiger partial charge in [0.1, 0.15) is 11.9 Å². The Kier molecular flexibility index (Phi) is 2.97. The van der Waals surface area contributed by atoms with Crippen molar-refractivity contribution in [1.29, 1.82) is 0 Å². The second kappa shape index (κ2) is 4.56. The SMILES string of the molecule is O=C(O)[C@@H]1C[C@H]2C[C@H]2N1C(=O)C(O)c1ccccc1F. The summed E-state index contributed by atoms with van der Waals surface area (Å²) in [6.45, 7) is 0. The summed E-state index contributed by atoms with van der Waals surface area (Å²) in [7, 11) is 0. The van der Waals surface area contributed by atoms with Crippen LogP contribution in [-0.4, -0.2) is 39.1 Å². The highest BCUT2D eigenvalue weighted by Crippen LogP contribution is 2.48. The van der Waals surface area contributed by atoms with Gasteiger partial charge in [0.25, 0.3) is 5.91 Å². The normalized spacial score (nSPS) is 28.9. The highest BCUT2D eigenvalue weighted by Gasteiger charge is 2.57. The number of carbonyl (C=O) groups is 2. The highest BCUT2D eigenvalue weighted by molar-refractivity contribution is 5.88. The molecular formula is C14H14FNO4. The van der Waals surface area contributed by atoms with Gasteiger partial charge in [-0.25, -0.2) is 9.18 Å². The maximum absolute atomic E-state index is 13.6. The Morgan fingerprint density at radius 1 is 1.30 bits per heavy atom. The van der Waals surface area contributed by atoms with Gasteiger partial charge in [-0.3, -0.25) is 4.79 Å². The van der Waals surface area contributed by atoms with Crippen LogP contribution in [-0.2, 0) is 9.59 Å². The molecule has 20 heavy (non-hydrogen) atoms. The Morgan fingerprint density at radius 2 is 2.00 bits per heavy atom. The van der Waals surface area contributed by atoms with Crippen LogP contribution in [0.1, 0.15) is 24.5 Å². The molecule has 1 aliphatic heterocycles. The molecule has 4 atom stereocenters. The molecule has 2 fully saturated rings. The Hall–Kier alpha value is -1.95. The third-order valence-electron chi connectivity index (χ3n) is 4.08. The van der Waals surface area contributed by atoms with E-state index in [1.807, 2.05) is 0 Å². The number of halogens is 1. The van der Waals surface area contributed by atoms with Crippen molar-refractivity contribution in [2.75, 3.05) is 0 Å². The van der Waals surface area contributed by atoms with Gasteiger partial charge in [0, 0.05) is 11.6 Å². The first-order chi connectivity index (χ1) is 9.50. The fraction of sp³-hybridized carbons (Fsp3) is 0.429. The number of carboxylic acids is 1. The third kappa shape index (κ3) is 1.96. The van der Waals surface area contributed by atoms with Gasteiger partial charge < -0.3 is 15.1 Å². The monoisotopic (exact) mass is 279 g/mol. The minimum Gasteiger partial charge on any atom is -0.480 e. The molecular weight excluding hydrogens is 265 g/mol. The number of nitrogens with zero attached hydrogens (tertiary/aromatic N) is 1. The van der Waals surface area contributed by atoms with E-state index in [4.69, 9.17) is 5.11 Å². The number of rotatable bonds is 3. The van der Waals surface area contributed by atoms with E-state index in [2.05, 4.69) is 0 Å². The predicted octanol–water partition coefficient (Wildman–Crippen LogP) is 0.933. The van der Waals surface area contributed by atoms with Crippen LogP contribution in [0.5, 0.6) is 0 Å². The first-order valence-corrected chi connectivity index (χ1v) is 6.48. The molecule has 1 amide bonds. The van der Waals surface area contributed by atoms with E-state index in [1.165, 1.54) is 23.1 Å². The van der Waals surface area contributed by atoms with Gasteiger partial charge in [-0.15, -0.1) is 0 Å². The molecule has 1 saturated heterocycles. The van der Waals surface area contributed by atoms with Gasteiger partial charge in [-0.1, -0.05) is 18.2 Å². The average molecular weight is 279 g/mol. The zero-order valence-electron chi connectivity index (χ0n) is 10.6. The summed E-state index contributed by atoms with van der Waals surface area (Å²) in [5, 5.41) is 19.2. The molecule has 2 aliphatic rings. The topological polar surface area (TPSA) is 77.8 Å². The summed E-state index contributed by atoms with van der Waals surface area (Å²) >= 11 is 0. The van der Waals surface area contributed by atoms with Crippen molar-refractivity contribution >= 4 is 11.9 Å². The molecule has 5 nitrogen and oxygen atoms in total. The molecule has 1 heterocycles. The minimum absolute atomic E-state index is 0.120. The van der Waals surface area contributed by atoms with Crippen molar-refractivity contribution in [3.8, 4) is 0 Å². The fourth-order valence-corrected chi connectivity index (χ4v) is 2.96. The van der Waals surface area contributed by atoms with Crippen molar-refractivity contribution in [2.45, 2.75) is 31.0 Å². The van der Waals surface area contributed by atoms with Crippen LogP contribution in [0.2, 0.25) is 0 Å². The quantitative estimate of drug-likeness (QED) is 0.863. The van der Waals surface area contributed by atoms with Gasteiger partial charge in [0.05, 0.1) is 0 Å². The van der Waals surface area contributed by atoms with Crippen LogP contribution < -0.4 is 0 Å². The van der Waals surface area contributed by atoms with Crippen molar-refractivity contribution < 1.29 is 24.2 Å². The fourth-order valence-electron chi connectivity index (χ4n) is 2.96. The zero-order valence-corrected chi connectivity index (χ0v) is 10.6. The van der Waals surface area contributed by atoms with E-state index in [0.29, 0.717) is 6.42 Å². The molecule has 6 heteroatoms. The number of carbonyl (C=O) groups excluding carboxylic acids is 1. The lowest BCUT2D eigenvalue weighted by molar-refractivity contribution is -0.153. The second-order valence-electron chi connectivity index (χ2n) is 5.32. The van der Waals surface area contributed by atoms with Gasteiger partial charge in [0.2, 0.25) is 0 Å². The Bertz CT molecular complexity index is 576. The van der Waals surface area contributed by atoms with Crippen LogP contribution in [0.4, 0.5) is 4.39 Å². The van der Waals surface area contributed by atoms with Gasteiger partial charge >= 0.3 is 5.97 Å². The lowest BCUT2D eigenvalue weighted by atomic mass is 10.1. The highest BCUT2D eigenvalue weighted by atomic mass is 19.1. The Labute approximate surface area is 114 Å². The molecule has 106 valence electrons. The summed E-state index contributed by atoms with van der Waals surface area (Å²) in [6.07, 6.45) is -0.479. The molecule has 1 aromatic rings. The number of amides is 1. The number of aliphatic hydroxyl groups excluding tert-OH is 1. The third-order valence-corrected chi connectivity index (χ3v) is 4.08.